The van der Waals surface area contributed by atoms with Crippen molar-refractivity contribution >= 4 is 14.3 Å². The molecule has 0 aromatic carbocycles. The molecule has 0 heterocycles. The number of nitriles is 1. The fourth-order valence-corrected chi connectivity index (χ4v) is 2.60. The summed E-state index contributed by atoms with van der Waals surface area (Å²) in [7, 11) is -1.80. The van der Waals surface area contributed by atoms with Crippen LogP contribution in [0.25, 0.3) is 0 Å². The van der Waals surface area contributed by atoms with Crippen molar-refractivity contribution < 1.29 is 14.0 Å². The normalized spacial score (nSPS) is 15.5. The average molecular weight is 285 g/mol. The molecule has 5 heteroatoms. The molecule has 0 fully saturated rings. The molecule has 0 aliphatic heterocycles. The van der Waals surface area contributed by atoms with Gasteiger partial charge in [-0.1, -0.05) is 13.8 Å². The van der Waals surface area contributed by atoms with Crippen molar-refractivity contribution in [3.63, 3.8) is 0 Å². The Hall–Kier alpha value is -0.863. The van der Waals surface area contributed by atoms with Crippen molar-refractivity contribution in [2.75, 3.05) is 0 Å². The van der Waals surface area contributed by atoms with E-state index in [0.717, 1.165) is 12.8 Å². The molecule has 0 aromatic heterocycles. The first-order valence-electron chi connectivity index (χ1n) is 6.72. The number of hydrogen-bond acceptors (Lipinski definition) is 4. The van der Waals surface area contributed by atoms with Gasteiger partial charge in [-0.3, -0.25) is 4.79 Å². The van der Waals surface area contributed by atoms with E-state index in [0.29, 0.717) is 0 Å². The maximum atomic E-state index is 11.2. The molecule has 2 atom stereocenters. The van der Waals surface area contributed by atoms with E-state index in [1.807, 2.05) is 20.8 Å². The molecule has 0 N–H and O–H groups in total. The third-order valence-electron chi connectivity index (χ3n) is 2.81. The minimum Gasteiger partial charge on any atom is -0.436 e. The molecule has 0 spiro atoms. The third-order valence-corrected chi connectivity index (χ3v) is 3.73. The highest BCUT2D eigenvalue weighted by Gasteiger charge is 2.36. The van der Waals surface area contributed by atoms with Crippen molar-refractivity contribution in [3.8, 4) is 6.07 Å². The van der Waals surface area contributed by atoms with E-state index in [2.05, 4.69) is 25.7 Å². The molecular weight excluding hydrogens is 258 g/mol. The second kappa shape index (κ2) is 7.06. The number of ether oxygens (including phenoxy) is 1. The quantitative estimate of drug-likeness (QED) is 0.406. The maximum absolute atomic E-state index is 11.2. The predicted molar refractivity (Wildman–Crippen MR) is 77.8 cm³/mol. The van der Waals surface area contributed by atoms with Crippen molar-refractivity contribution in [2.24, 2.45) is 11.3 Å². The predicted octanol–water partition coefficient (Wildman–Crippen LogP) is 3.69. The average Bonchev–Trinajstić information content (AvgIpc) is 2.22. The Morgan fingerprint density at radius 3 is 2.26 bits per heavy atom. The lowest BCUT2D eigenvalue weighted by atomic mass is 9.84. The second-order valence-electron chi connectivity index (χ2n) is 6.73. The second-order valence-corrected chi connectivity index (χ2v) is 11.2. The van der Waals surface area contributed by atoms with Gasteiger partial charge in [0.25, 0.3) is 0 Å². The largest absolute Gasteiger partial charge is 0.436 e. The van der Waals surface area contributed by atoms with Crippen LogP contribution in [0, 0.1) is 22.7 Å². The summed E-state index contributed by atoms with van der Waals surface area (Å²) in [5.74, 6) is -0.325. The Balaban J connectivity index is 4.80. The van der Waals surface area contributed by atoms with Gasteiger partial charge in [0.15, 0.2) is 14.6 Å². The molecule has 0 saturated carbocycles. The van der Waals surface area contributed by atoms with Gasteiger partial charge < -0.3 is 9.16 Å². The highest BCUT2D eigenvalue weighted by atomic mass is 28.4. The molecule has 2 unspecified atom stereocenters. The first-order chi connectivity index (χ1) is 8.48. The SMILES string of the molecule is CC(=O)OC(O[Si](C)(C)C)C(C)(C)CCC(C)C#N. The summed E-state index contributed by atoms with van der Waals surface area (Å²) in [6.07, 6.45) is 1.02. The summed E-state index contributed by atoms with van der Waals surface area (Å²) in [5, 5.41) is 8.84. The van der Waals surface area contributed by atoms with E-state index < -0.39 is 14.6 Å². The molecule has 19 heavy (non-hydrogen) atoms. The number of hydrogen-bond donors (Lipinski definition) is 0. The van der Waals surface area contributed by atoms with Crippen LogP contribution in [0.1, 0.15) is 40.5 Å². The van der Waals surface area contributed by atoms with E-state index in [4.69, 9.17) is 14.4 Å². The minimum absolute atomic E-state index is 0.00383. The summed E-state index contributed by atoms with van der Waals surface area (Å²) >= 11 is 0. The van der Waals surface area contributed by atoms with Crippen LogP contribution in [0.2, 0.25) is 19.6 Å². The number of rotatable bonds is 7. The Bertz CT molecular complexity index is 342. The van der Waals surface area contributed by atoms with E-state index >= 15 is 0 Å². The van der Waals surface area contributed by atoms with Gasteiger partial charge in [0, 0.05) is 18.3 Å². The molecule has 0 rings (SSSR count). The van der Waals surface area contributed by atoms with Crippen LogP contribution in [0.5, 0.6) is 0 Å². The fourth-order valence-electron chi connectivity index (χ4n) is 1.59. The first kappa shape index (κ1) is 18.1. The summed E-state index contributed by atoms with van der Waals surface area (Å²) in [4.78, 5) is 11.2. The van der Waals surface area contributed by atoms with E-state index in [1.54, 1.807) is 0 Å². The molecule has 0 bridgehead atoms. The Morgan fingerprint density at radius 1 is 1.37 bits per heavy atom. The highest BCUT2D eigenvalue weighted by Crippen LogP contribution is 2.33. The molecule has 0 aliphatic rings. The molecule has 110 valence electrons. The Labute approximate surface area is 118 Å². The number of carbonyl (C=O) groups excluding carboxylic acids is 1. The van der Waals surface area contributed by atoms with Crippen LogP contribution in [-0.4, -0.2) is 20.6 Å². The smallest absolute Gasteiger partial charge is 0.304 e. The van der Waals surface area contributed by atoms with Crippen LogP contribution in [0.4, 0.5) is 0 Å². The zero-order valence-corrected chi connectivity index (χ0v) is 14.2. The summed E-state index contributed by atoms with van der Waals surface area (Å²) in [6, 6.07) is 2.23. The van der Waals surface area contributed by atoms with Gasteiger partial charge in [-0.2, -0.15) is 5.26 Å². The van der Waals surface area contributed by atoms with Crippen LogP contribution >= 0.6 is 0 Å². The zero-order chi connectivity index (χ0) is 15.3. The van der Waals surface area contributed by atoms with Gasteiger partial charge in [0.05, 0.1) is 6.07 Å². The van der Waals surface area contributed by atoms with Crippen LogP contribution < -0.4 is 0 Å². The number of nitrogens with zero attached hydrogens (tertiary/aromatic N) is 1. The van der Waals surface area contributed by atoms with Crippen LogP contribution in [-0.2, 0) is 14.0 Å². The number of carbonyl (C=O) groups is 1. The monoisotopic (exact) mass is 285 g/mol. The topological polar surface area (TPSA) is 59.3 Å². The summed E-state index contributed by atoms with van der Waals surface area (Å²) < 4.78 is 11.3. The highest BCUT2D eigenvalue weighted by molar-refractivity contribution is 6.69. The molecule has 4 nitrogen and oxygen atoms in total. The van der Waals surface area contributed by atoms with E-state index in [9.17, 15) is 4.79 Å². The third kappa shape index (κ3) is 8.01. The van der Waals surface area contributed by atoms with Crippen LogP contribution in [0.3, 0.4) is 0 Å². The zero-order valence-electron chi connectivity index (χ0n) is 13.2. The van der Waals surface area contributed by atoms with Gasteiger partial charge in [-0.25, -0.2) is 0 Å². The van der Waals surface area contributed by atoms with Gasteiger partial charge in [0.1, 0.15) is 0 Å². The lowest BCUT2D eigenvalue weighted by molar-refractivity contribution is -0.182. The lowest BCUT2D eigenvalue weighted by Crippen LogP contribution is -2.43. The maximum Gasteiger partial charge on any atom is 0.304 e. The summed E-state index contributed by atoms with van der Waals surface area (Å²) in [5.41, 5.74) is -0.295. The van der Waals surface area contributed by atoms with Crippen molar-refractivity contribution in [1.82, 2.24) is 0 Å². The van der Waals surface area contributed by atoms with Crippen molar-refractivity contribution in [2.45, 2.75) is 66.5 Å². The molecule has 0 saturated heterocycles. The molecule has 0 aliphatic carbocycles. The van der Waals surface area contributed by atoms with Gasteiger partial charge >= 0.3 is 5.97 Å². The van der Waals surface area contributed by atoms with E-state index in [1.165, 1.54) is 6.92 Å². The molecule has 0 amide bonds. The summed E-state index contributed by atoms with van der Waals surface area (Å²) in [6.45, 7) is 13.5. The molecule has 0 radical (unpaired) electrons. The van der Waals surface area contributed by atoms with Gasteiger partial charge in [-0.15, -0.1) is 0 Å². The molecular formula is C14H27NO3Si. The van der Waals surface area contributed by atoms with Crippen molar-refractivity contribution in [1.29, 1.82) is 5.26 Å². The Morgan fingerprint density at radius 2 is 1.89 bits per heavy atom. The standard InChI is InChI=1S/C14H27NO3Si/c1-11(10-15)8-9-14(3,4)13(17-12(2)16)18-19(5,6)7/h11,13H,8-9H2,1-7H3. The van der Waals surface area contributed by atoms with Crippen LogP contribution in [0.15, 0.2) is 0 Å². The van der Waals surface area contributed by atoms with E-state index in [-0.39, 0.29) is 17.3 Å². The Kier molecular flexibility index (Phi) is 6.74. The molecule has 0 aromatic rings. The van der Waals surface area contributed by atoms with Gasteiger partial charge in [0.2, 0.25) is 0 Å². The number of esters is 1. The van der Waals surface area contributed by atoms with Crippen molar-refractivity contribution in [3.05, 3.63) is 0 Å². The first-order valence-corrected chi connectivity index (χ1v) is 10.1. The lowest BCUT2D eigenvalue weighted by Gasteiger charge is -2.37. The van der Waals surface area contributed by atoms with Gasteiger partial charge in [-0.05, 0) is 39.4 Å². The fraction of sp³-hybridized carbons (Fsp3) is 0.857. The minimum atomic E-state index is -1.80.